The first-order chi connectivity index (χ1) is 10.1. The number of aromatic nitrogens is 1. The van der Waals surface area contributed by atoms with Gasteiger partial charge in [-0.05, 0) is 23.8 Å². The molecule has 3 rings (SSSR count). The quantitative estimate of drug-likeness (QED) is 0.592. The van der Waals surface area contributed by atoms with Gasteiger partial charge in [-0.3, -0.25) is 14.3 Å². The van der Waals surface area contributed by atoms with Gasteiger partial charge in [0.25, 0.3) is 5.69 Å². The molecule has 0 spiro atoms. The first-order valence-corrected chi connectivity index (χ1v) is 7.65. The smallest absolute Gasteiger partial charge is 0.269 e. The fourth-order valence-electron chi connectivity index (χ4n) is 2.20. The molecule has 0 saturated heterocycles. The lowest BCUT2D eigenvalue weighted by atomic mass is 10.2. The van der Waals surface area contributed by atoms with Gasteiger partial charge in [0.2, 0.25) is 0 Å². The van der Waals surface area contributed by atoms with Gasteiger partial charge in [0.05, 0.1) is 21.5 Å². The molecule has 2 aromatic carbocycles. The average Bonchev–Trinajstić information content (AvgIpc) is 2.91. The Balaban J connectivity index is 1.84. The number of benzene rings is 2. The Morgan fingerprint density at radius 3 is 2.52 bits per heavy atom. The number of para-hydroxylation sites is 1. The van der Waals surface area contributed by atoms with E-state index in [9.17, 15) is 14.3 Å². The number of rotatable bonds is 4. The molecule has 0 fully saturated rings. The van der Waals surface area contributed by atoms with Gasteiger partial charge in [-0.1, -0.05) is 18.2 Å². The lowest BCUT2D eigenvalue weighted by Gasteiger charge is -2.01. The zero-order valence-electron chi connectivity index (χ0n) is 11.0. The molecule has 0 aliphatic rings. The molecule has 0 aliphatic carbocycles. The highest BCUT2D eigenvalue weighted by molar-refractivity contribution is 7.84. The highest BCUT2D eigenvalue weighted by Gasteiger charge is 2.11. The molecule has 0 radical (unpaired) electrons. The van der Waals surface area contributed by atoms with E-state index >= 15 is 0 Å². The number of nitro groups is 1. The second-order valence-corrected chi connectivity index (χ2v) is 6.05. The van der Waals surface area contributed by atoms with Gasteiger partial charge >= 0.3 is 0 Å². The van der Waals surface area contributed by atoms with E-state index in [4.69, 9.17) is 0 Å². The van der Waals surface area contributed by atoms with Crippen LogP contribution in [0.5, 0.6) is 0 Å². The normalized spacial score (nSPS) is 12.4. The van der Waals surface area contributed by atoms with E-state index in [1.54, 1.807) is 12.1 Å². The number of H-pyrrole nitrogens is 1. The number of non-ortho nitro benzene ring substituents is 1. The van der Waals surface area contributed by atoms with E-state index in [0.29, 0.717) is 10.6 Å². The van der Waals surface area contributed by atoms with Crippen LogP contribution in [-0.2, 0) is 16.6 Å². The Hall–Kier alpha value is -2.47. The second-order valence-electron chi connectivity index (χ2n) is 4.60. The fraction of sp³-hybridized carbons (Fsp3) is 0.0667. The molecule has 21 heavy (non-hydrogen) atoms. The lowest BCUT2D eigenvalue weighted by molar-refractivity contribution is -0.384. The first-order valence-electron chi connectivity index (χ1n) is 6.33. The second kappa shape index (κ2) is 5.49. The van der Waals surface area contributed by atoms with E-state index in [-0.39, 0.29) is 5.69 Å². The number of hydrogen-bond acceptors (Lipinski definition) is 3. The molecule has 1 N–H and O–H groups in total. The zero-order valence-corrected chi connectivity index (χ0v) is 11.8. The van der Waals surface area contributed by atoms with Gasteiger partial charge in [-0.2, -0.15) is 0 Å². The number of aromatic amines is 1. The van der Waals surface area contributed by atoms with Gasteiger partial charge in [0, 0.05) is 34.1 Å². The molecule has 1 aromatic heterocycles. The Morgan fingerprint density at radius 2 is 1.81 bits per heavy atom. The SMILES string of the molecule is O=[N+]([O-])c1ccc(S(=O)Cc2c[nH]c3ccccc23)cc1. The van der Waals surface area contributed by atoms with Crippen LogP contribution < -0.4 is 0 Å². The van der Waals surface area contributed by atoms with Gasteiger partial charge < -0.3 is 4.98 Å². The Kier molecular flexibility index (Phi) is 3.53. The summed E-state index contributed by atoms with van der Waals surface area (Å²) in [6.45, 7) is 0. The van der Waals surface area contributed by atoms with E-state index in [0.717, 1.165) is 16.5 Å². The topological polar surface area (TPSA) is 76.0 Å². The van der Waals surface area contributed by atoms with E-state index in [1.165, 1.54) is 12.1 Å². The minimum Gasteiger partial charge on any atom is -0.361 e. The molecule has 0 amide bonds. The van der Waals surface area contributed by atoms with Gasteiger partial charge in [0.15, 0.2) is 0 Å². The van der Waals surface area contributed by atoms with Crippen LogP contribution in [0.25, 0.3) is 10.9 Å². The number of nitrogens with one attached hydrogen (secondary N) is 1. The van der Waals surface area contributed by atoms with Crippen LogP contribution in [0, 0.1) is 10.1 Å². The molecule has 1 heterocycles. The Labute approximate surface area is 123 Å². The van der Waals surface area contributed by atoms with Crippen molar-refractivity contribution in [3.8, 4) is 0 Å². The predicted octanol–water partition coefficient (Wildman–Crippen LogP) is 3.38. The maximum absolute atomic E-state index is 12.4. The average molecular weight is 300 g/mol. The van der Waals surface area contributed by atoms with Gasteiger partial charge in [-0.25, -0.2) is 0 Å². The number of nitro benzene ring substituents is 1. The summed E-state index contributed by atoms with van der Waals surface area (Å²) < 4.78 is 12.4. The summed E-state index contributed by atoms with van der Waals surface area (Å²) in [6, 6.07) is 13.7. The molecule has 6 heteroatoms. The van der Waals surface area contributed by atoms with Crippen molar-refractivity contribution in [2.24, 2.45) is 0 Å². The third kappa shape index (κ3) is 2.71. The molecular weight excluding hydrogens is 288 g/mol. The summed E-state index contributed by atoms with van der Waals surface area (Å²) >= 11 is 0. The summed E-state index contributed by atoms with van der Waals surface area (Å²) in [7, 11) is -1.23. The maximum Gasteiger partial charge on any atom is 0.269 e. The molecule has 1 unspecified atom stereocenters. The summed E-state index contributed by atoms with van der Waals surface area (Å²) in [5, 5.41) is 11.7. The minimum atomic E-state index is -1.23. The fourth-order valence-corrected chi connectivity index (χ4v) is 3.32. The van der Waals surface area contributed by atoms with Crippen LogP contribution in [0.4, 0.5) is 5.69 Å². The monoisotopic (exact) mass is 300 g/mol. The molecular formula is C15H12N2O3S. The van der Waals surface area contributed by atoms with Crippen molar-refractivity contribution < 1.29 is 9.13 Å². The van der Waals surface area contributed by atoms with Crippen LogP contribution >= 0.6 is 0 Å². The maximum atomic E-state index is 12.4. The van der Waals surface area contributed by atoms with E-state index in [1.807, 2.05) is 30.5 Å². The molecule has 0 bridgehead atoms. The number of hydrogen-bond donors (Lipinski definition) is 1. The third-order valence-corrected chi connectivity index (χ3v) is 4.64. The summed E-state index contributed by atoms with van der Waals surface area (Å²) in [5.41, 5.74) is 1.98. The molecule has 106 valence electrons. The zero-order chi connectivity index (χ0) is 14.8. The minimum absolute atomic E-state index is 0.00263. The van der Waals surface area contributed by atoms with E-state index in [2.05, 4.69) is 4.98 Å². The number of nitrogens with zero attached hydrogens (tertiary/aromatic N) is 1. The lowest BCUT2D eigenvalue weighted by Crippen LogP contribution is -1.96. The highest BCUT2D eigenvalue weighted by atomic mass is 32.2. The van der Waals surface area contributed by atoms with Crippen molar-refractivity contribution in [1.82, 2.24) is 4.98 Å². The molecule has 0 aliphatic heterocycles. The summed E-state index contributed by atoms with van der Waals surface area (Å²) in [5.74, 6) is 0.377. The van der Waals surface area contributed by atoms with Crippen LogP contribution in [0.2, 0.25) is 0 Å². The van der Waals surface area contributed by atoms with Crippen molar-refractivity contribution in [3.63, 3.8) is 0 Å². The Morgan fingerprint density at radius 1 is 1.10 bits per heavy atom. The van der Waals surface area contributed by atoms with Gasteiger partial charge in [-0.15, -0.1) is 0 Å². The van der Waals surface area contributed by atoms with Crippen LogP contribution in [0.15, 0.2) is 59.6 Å². The molecule has 5 nitrogen and oxygen atoms in total. The third-order valence-electron chi connectivity index (χ3n) is 3.27. The van der Waals surface area contributed by atoms with Crippen LogP contribution in [0.3, 0.4) is 0 Å². The van der Waals surface area contributed by atoms with E-state index < -0.39 is 15.7 Å². The summed E-state index contributed by atoms with van der Waals surface area (Å²) in [4.78, 5) is 13.9. The largest absolute Gasteiger partial charge is 0.361 e. The van der Waals surface area contributed by atoms with Gasteiger partial charge in [0.1, 0.15) is 0 Å². The predicted molar refractivity (Wildman–Crippen MR) is 81.5 cm³/mol. The molecule has 3 aromatic rings. The standard InChI is InChI=1S/C15H12N2O3S/c18-17(19)12-5-7-13(8-6-12)21(20)10-11-9-16-15-4-2-1-3-14(11)15/h1-9,16H,10H2. The van der Waals surface area contributed by atoms with Crippen LogP contribution in [-0.4, -0.2) is 14.1 Å². The summed E-state index contributed by atoms with van der Waals surface area (Å²) in [6.07, 6.45) is 1.86. The molecule has 1 atom stereocenters. The van der Waals surface area contributed by atoms with Crippen molar-refractivity contribution >= 4 is 27.4 Å². The van der Waals surface area contributed by atoms with Crippen molar-refractivity contribution in [2.75, 3.05) is 0 Å². The van der Waals surface area contributed by atoms with Crippen molar-refractivity contribution in [2.45, 2.75) is 10.6 Å². The van der Waals surface area contributed by atoms with Crippen molar-refractivity contribution in [3.05, 3.63) is 70.4 Å². The Bertz CT molecular complexity index is 824. The highest BCUT2D eigenvalue weighted by Crippen LogP contribution is 2.22. The molecule has 0 saturated carbocycles. The van der Waals surface area contributed by atoms with Crippen LogP contribution in [0.1, 0.15) is 5.56 Å². The first kappa shape index (κ1) is 13.5. The van der Waals surface area contributed by atoms with Crippen molar-refractivity contribution in [1.29, 1.82) is 0 Å². The number of fused-ring (bicyclic) bond motifs is 1.